The maximum Gasteiger partial charge on any atom is 0.419 e. The molecule has 1 unspecified atom stereocenters. The number of nitrogens with zero attached hydrogens (tertiary/aromatic N) is 2. The summed E-state index contributed by atoms with van der Waals surface area (Å²) < 4.78 is 51.8. The molecule has 1 aromatic carbocycles. The van der Waals surface area contributed by atoms with E-state index >= 15 is 0 Å². The number of nitrogens with one attached hydrogen (secondary N) is 1. The van der Waals surface area contributed by atoms with Crippen molar-refractivity contribution in [1.29, 1.82) is 0 Å². The van der Waals surface area contributed by atoms with Gasteiger partial charge in [-0.25, -0.2) is 14.2 Å². The van der Waals surface area contributed by atoms with E-state index in [0.717, 1.165) is 5.01 Å². The predicted molar refractivity (Wildman–Crippen MR) is 85.3 cm³/mol. The largest absolute Gasteiger partial charge is 0.419 e. The fraction of sp³-hybridized carbons (Fsp3) is 0.375. The lowest BCUT2D eigenvalue weighted by molar-refractivity contribution is -0.140. The quantitative estimate of drug-likeness (QED) is 0.417. The Bertz CT molecular complexity index is 664. The fourth-order valence-electron chi connectivity index (χ4n) is 2.09. The van der Waals surface area contributed by atoms with Crippen LogP contribution < -0.4 is 5.32 Å². The summed E-state index contributed by atoms with van der Waals surface area (Å²) in [7, 11) is 0. The van der Waals surface area contributed by atoms with Gasteiger partial charge < -0.3 is 5.32 Å². The topological polar surface area (TPSA) is 44.7 Å². The number of anilines is 1. The van der Waals surface area contributed by atoms with Gasteiger partial charge in [0, 0.05) is 11.3 Å². The Kier molecular flexibility index (Phi) is 6.11. The van der Waals surface area contributed by atoms with Crippen molar-refractivity contribution in [2.24, 2.45) is 5.10 Å². The number of fused-ring (bicyclic) bond motifs is 1. The predicted octanol–water partition coefficient (Wildman–Crippen LogP) is 5.34. The lowest BCUT2D eigenvalue weighted by atomic mass is 10.00. The van der Waals surface area contributed by atoms with Crippen LogP contribution in [-0.4, -0.2) is 16.8 Å². The molecule has 0 saturated carbocycles. The second-order valence-corrected chi connectivity index (χ2v) is 5.32. The smallest absolute Gasteiger partial charge is 0.306 e. The van der Waals surface area contributed by atoms with Gasteiger partial charge in [-0.05, 0) is 39.8 Å². The Morgan fingerprint density at radius 1 is 1.38 bits per heavy atom. The van der Waals surface area contributed by atoms with Crippen LogP contribution in [0, 0.1) is 5.82 Å². The van der Waals surface area contributed by atoms with E-state index in [-0.39, 0.29) is 11.3 Å². The van der Waals surface area contributed by atoms with Crippen molar-refractivity contribution in [3.8, 4) is 0 Å². The first-order valence-electron chi connectivity index (χ1n) is 7.12. The van der Waals surface area contributed by atoms with Crippen LogP contribution in [0.3, 0.4) is 0 Å². The highest BCUT2D eigenvalue weighted by Crippen LogP contribution is 2.39. The number of amides is 2. The Balaban J connectivity index is 0.000000891. The number of hydrazone groups is 1. The van der Waals surface area contributed by atoms with Crippen LogP contribution in [0.4, 0.5) is 28.0 Å². The minimum atomic E-state index is -4.80. The molecular weight excluding hydrogens is 326 g/mol. The van der Waals surface area contributed by atoms with Gasteiger partial charge in [-0.1, -0.05) is 6.08 Å². The second-order valence-electron chi connectivity index (χ2n) is 5.32. The third-order valence-electron chi connectivity index (χ3n) is 3.02. The van der Waals surface area contributed by atoms with Crippen molar-refractivity contribution in [1.82, 2.24) is 5.01 Å². The van der Waals surface area contributed by atoms with Crippen molar-refractivity contribution < 1.29 is 22.4 Å². The third kappa shape index (κ3) is 4.33. The number of halogens is 4. The average Bonchev–Trinajstić information content (AvgIpc) is 2.42. The number of hydrogen-bond donors (Lipinski definition) is 1. The molecule has 1 aromatic rings. The molecule has 132 valence electrons. The molecule has 2 amide bonds. The summed E-state index contributed by atoms with van der Waals surface area (Å²) >= 11 is 0. The molecule has 1 aliphatic rings. The molecule has 0 aliphatic carbocycles. The van der Waals surface area contributed by atoms with Crippen molar-refractivity contribution in [3.63, 3.8) is 0 Å². The average molecular weight is 345 g/mol. The highest BCUT2D eigenvalue weighted by Gasteiger charge is 2.38. The van der Waals surface area contributed by atoms with Gasteiger partial charge in [-0.2, -0.15) is 18.3 Å². The molecule has 2 rings (SSSR count). The van der Waals surface area contributed by atoms with Gasteiger partial charge in [0.05, 0.1) is 17.3 Å². The Labute approximate surface area is 137 Å². The van der Waals surface area contributed by atoms with Gasteiger partial charge in [0.2, 0.25) is 0 Å². The van der Waals surface area contributed by atoms with E-state index in [9.17, 15) is 22.4 Å². The summed E-state index contributed by atoms with van der Waals surface area (Å²) in [6, 6.07) is 0.0510. The molecule has 0 spiro atoms. The van der Waals surface area contributed by atoms with Crippen molar-refractivity contribution in [2.75, 3.05) is 5.32 Å². The number of alkyl halides is 3. The molecule has 24 heavy (non-hydrogen) atoms. The van der Waals surface area contributed by atoms with Crippen LogP contribution in [0.5, 0.6) is 0 Å². The Morgan fingerprint density at radius 2 is 1.92 bits per heavy atom. The first-order valence-corrected chi connectivity index (χ1v) is 7.12. The normalized spacial score (nSPS) is 16.4. The highest BCUT2D eigenvalue weighted by atomic mass is 19.4. The Hall–Kier alpha value is -2.38. The van der Waals surface area contributed by atoms with Gasteiger partial charge in [0.15, 0.2) is 0 Å². The van der Waals surface area contributed by atoms with Crippen LogP contribution in [0.1, 0.15) is 44.9 Å². The zero-order valence-electron chi connectivity index (χ0n) is 13.8. The van der Waals surface area contributed by atoms with Crippen molar-refractivity contribution >= 4 is 17.4 Å². The van der Waals surface area contributed by atoms with E-state index in [4.69, 9.17) is 0 Å². The number of allylic oxidation sites excluding steroid dienone is 1. The van der Waals surface area contributed by atoms with Gasteiger partial charge in [0.1, 0.15) is 5.82 Å². The van der Waals surface area contributed by atoms with Crippen molar-refractivity contribution in [3.05, 3.63) is 41.7 Å². The third-order valence-corrected chi connectivity index (χ3v) is 3.02. The zero-order valence-corrected chi connectivity index (χ0v) is 13.8. The molecule has 4 nitrogen and oxygen atoms in total. The van der Waals surface area contributed by atoms with Crippen molar-refractivity contribution in [2.45, 2.75) is 39.9 Å². The SMILES string of the molecule is C=CC.CC(C)=NN1C(=O)Nc2cc(F)c(C(F)(F)F)cc2C1C. The summed E-state index contributed by atoms with van der Waals surface area (Å²) in [6.45, 7) is 10.1. The lowest BCUT2D eigenvalue weighted by Gasteiger charge is -2.32. The first-order chi connectivity index (χ1) is 11.0. The van der Waals surface area contributed by atoms with Gasteiger partial charge >= 0.3 is 12.2 Å². The minimum absolute atomic E-state index is 0.0261. The molecule has 0 radical (unpaired) electrons. The molecule has 8 heteroatoms. The minimum Gasteiger partial charge on any atom is -0.306 e. The molecule has 1 aliphatic heterocycles. The van der Waals surface area contributed by atoms with E-state index in [1.165, 1.54) is 6.92 Å². The molecule has 1 atom stereocenters. The monoisotopic (exact) mass is 345 g/mol. The summed E-state index contributed by atoms with van der Waals surface area (Å²) in [5, 5.41) is 7.35. The number of urea groups is 1. The van der Waals surface area contributed by atoms with Crippen LogP contribution in [-0.2, 0) is 6.18 Å². The zero-order chi connectivity index (χ0) is 18.7. The summed E-state index contributed by atoms with van der Waals surface area (Å²) in [5.74, 6) is -1.42. The molecule has 1 N–H and O–H groups in total. The van der Waals surface area contributed by atoms with E-state index in [1.807, 2.05) is 6.92 Å². The Morgan fingerprint density at radius 3 is 2.38 bits per heavy atom. The molecule has 0 bridgehead atoms. The van der Waals surface area contributed by atoms with Crippen LogP contribution in [0.25, 0.3) is 0 Å². The first kappa shape index (κ1) is 19.7. The maximum atomic E-state index is 13.5. The maximum absolute atomic E-state index is 13.5. The number of rotatable bonds is 1. The number of carbonyl (C=O) groups is 1. The highest BCUT2D eigenvalue weighted by molar-refractivity contribution is 5.94. The van der Waals surface area contributed by atoms with E-state index in [0.29, 0.717) is 17.8 Å². The molecule has 1 heterocycles. The molecule has 0 fully saturated rings. The fourth-order valence-corrected chi connectivity index (χ4v) is 2.09. The molecule has 0 aromatic heterocycles. The number of hydrogen-bond acceptors (Lipinski definition) is 2. The number of carbonyl (C=O) groups excluding carboxylic acids is 1. The molecular formula is C16H19F4N3O. The van der Waals surface area contributed by atoms with Crippen LogP contribution >= 0.6 is 0 Å². The van der Waals surface area contributed by atoms with Gasteiger partial charge in [-0.3, -0.25) is 0 Å². The van der Waals surface area contributed by atoms with Crippen LogP contribution in [0.15, 0.2) is 29.9 Å². The standard InChI is InChI=1S/C13H13F4N3O.C3H6/c1-6(2)19-20-7(3)8-4-9(13(15,16)17)10(14)5-11(8)18-12(20)21;1-3-2/h4-5,7H,1-3H3,(H,18,21);3H,1H2,2H3. The summed E-state index contributed by atoms with van der Waals surface area (Å²) in [5.41, 5.74) is -0.605. The second kappa shape index (κ2) is 7.46. The van der Waals surface area contributed by atoms with E-state index in [2.05, 4.69) is 17.0 Å². The van der Waals surface area contributed by atoms with E-state index in [1.54, 1.807) is 19.9 Å². The van der Waals surface area contributed by atoms with Crippen LogP contribution in [0.2, 0.25) is 0 Å². The number of benzene rings is 1. The molecule has 0 saturated heterocycles. The summed E-state index contributed by atoms with van der Waals surface area (Å²) in [6.07, 6.45) is -3.05. The van der Waals surface area contributed by atoms with Gasteiger partial charge in [-0.15, -0.1) is 6.58 Å². The van der Waals surface area contributed by atoms with Gasteiger partial charge in [0.25, 0.3) is 0 Å². The lowest BCUT2D eigenvalue weighted by Crippen LogP contribution is -2.38. The summed E-state index contributed by atoms with van der Waals surface area (Å²) in [4.78, 5) is 11.9. The van der Waals surface area contributed by atoms with E-state index < -0.39 is 29.6 Å².